The number of amides is 1. The van der Waals surface area contributed by atoms with Gasteiger partial charge < -0.3 is 15.2 Å². The van der Waals surface area contributed by atoms with Crippen molar-refractivity contribution < 1.29 is 4.79 Å². The molecule has 1 heterocycles. The number of rotatable bonds is 6. The summed E-state index contributed by atoms with van der Waals surface area (Å²) in [5, 5.41) is 6.42. The maximum atomic E-state index is 12.0. The summed E-state index contributed by atoms with van der Waals surface area (Å²) < 4.78 is 2.04. The highest BCUT2D eigenvalue weighted by molar-refractivity contribution is 5.76. The van der Waals surface area contributed by atoms with Crippen molar-refractivity contribution in [3.05, 3.63) is 23.5 Å². The van der Waals surface area contributed by atoms with Crippen molar-refractivity contribution in [3.8, 4) is 0 Å². The van der Waals surface area contributed by atoms with Gasteiger partial charge in [-0.1, -0.05) is 13.3 Å². The largest absolute Gasteiger partial charge is 0.352 e. The fourth-order valence-corrected chi connectivity index (χ4v) is 3.13. The van der Waals surface area contributed by atoms with Crippen molar-refractivity contribution >= 4 is 5.91 Å². The van der Waals surface area contributed by atoms with E-state index in [1.165, 1.54) is 24.0 Å². The second-order valence-electron chi connectivity index (χ2n) is 5.90. The van der Waals surface area contributed by atoms with Crippen LogP contribution < -0.4 is 10.6 Å². The summed E-state index contributed by atoms with van der Waals surface area (Å²) in [4.78, 5) is 12.0. The molecular weight excluding hydrogens is 250 g/mol. The van der Waals surface area contributed by atoms with Gasteiger partial charge in [0.25, 0.3) is 0 Å². The summed E-state index contributed by atoms with van der Waals surface area (Å²) in [6.45, 7) is 4.64. The van der Waals surface area contributed by atoms with Crippen LogP contribution in [-0.2, 0) is 17.8 Å². The van der Waals surface area contributed by atoms with E-state index in [4.69, 9.17) is 0 Å². The molecule has 2 rings (SSSR count). The molecule has 112 valence electrons. The first-order valence-corrected chi connectivity index (χ1v) is 7.79. The highest BCUT2D eigenvalue weighted by Gasteiger charge is 2.21. The number of nitrogens with one attached hydrogen (secondary N) is 2. The van der Waals surface area contributed by atoms with Crippen LogP contribution in [0.25, 0.3) is 0 Å². The highest BCUT2D eigenvalue weighted by Crippen LogP contribution is 2.30. The lowest BCUT2D eigenvalue weighted by atomic mass is 9.91. The number of fused-ring (bicyclic) bond motifs is 1. The van der Waals surface area contributed by atoms with Crippen LogP contribution in [0.4, 0.5) is 0 Å². The summed E-state index contributed by atoms with van der Waals surface area (Å²) in [7, 11) is 2.01. The molecule has 0 spiro atoms. The fraction of sp³-hybridized carbons (Fsp3) is 0.688. The summed E-state index contributed by atoms with van der Waals surface area (Å²) >= 11 is 0. The van der Waals surface area contributed by atoms with Gasteiger partial charge in [0.1, 0.15) is 6.54 Å². The first-order valence-electron chi connectivity index (χ1n) is 7.79. The normalized spacial score (nSPS) is 19.4. The van der Waals surface area contributed by atoms with Gasteiger partial charge in [0.2, 0.25) is 5.91 Å². The standard InChI is InChI=1S/C16H27N3O/c1-4-6-12(2)18-16(20)11-19-9-13-7-5-8-15(17-3)14(13)10-19/h9-10,12,15,17H,4-8,11H2,1-3H3,(H,18,20). The van der Waals surface area contributed by atoms with Crippen LogP contribution in [-0.4, -0.2) is 23.6 Å². The minimum atomic E-state index is 0.110. The van der Waals surface area contributed by atoms with Crippen molar-refractivity contribution in [1.29, 1.82) is 0 Å². The van der Waals surface area contributed by atoms with Gasteiger partial charge in [-0.15, -0.1) is 0 Å². The van der Waals surface area contributed by atoms with Gasteiger partial charge in [0.15, 0.2) is 0 Å². The summed E-state index contributed by atoms with van der Waals surface area (Å²) in [6.07, 6.45) is 9.96. The third-order valence-electron chi connectivity index (χ3n) is 4.12. The first-order chi connectivity index (χ1) is 9.63. The Morgan fingerprint density at radius 2 is 2.30 bits per heavy atom. The number of hydrogen-bond donors (Lipinski definition) is 2. The van der Waals surface area contributed by atoms with E-state index in [0.717, 1.165) is 19.3 Å². The molecule has 2 N–H and O–H groups in total. The molecule has 0 bridgehead atoms. The third kappa shape index (κ3) is 3.63. The molecule has 0 aliphatic heterocycles. The Labute approximate surface area is 121 Å². The molecule has 4 heteroatoms. The number of carbonyl (C=O) groups is 1. The molecule has 0 saturated heterocycles. The molecule has 2 atom stereocenters. The van der Waals surface area contributed by atoms with Crippen molar-refractivity contribution in [1.82, 2.24) is 15.2 Å². The average molecular weight is 277 g/mol. The van der Waals surface area contributed by atoms with E-state index in [1.807, 2.05) is 11.6 Å². The number of aromatic nitrogens is 1. The molecule has 1 aromatic rings. The lowest BCUT2D eigenvalue weighted by Gasteiger charge is -2.21. The Kier molecular flexibility index (Phi) is 5.24. The van der Waals surface area contributed by atoms with Crippen LogP contribution in [0.3, 0.4) is 0 Å². The predicted molar refractivity (Wildman–Crippen MR) is 81.7 cm³/mol. The Balaban J connectivity index is 1.97. The van der Waals surface area contributed by atoms with Gasteiger partial charge in [-0.3, -0.25) is 4.79 Å². The maximum absolute atomic E-state index is 12.0. The van der Waals surface area contributed by atoms with Gasteiger partial charge in [0.05, 0.1) is 0 Å². The monoisotopic (exact) mass is 277 g/mol. The molecule has 0 fully saturated rings. The van der Waals surface area contributed by atoms with Crippen LogP contribution in [0, 0.1) is 0 Å². The molecule has 1 amide bonds. The van der Waals surface area contributed by atoms with Crippen molar-refractivity contribution in [2.75, 3.05) is 7.05 Å². The third-order valence-corrected chi connectivity index (χ3v) is 4.12. The number of aryl methyl sites for hydroxylation is 1. The van der Waals surface area contributed by atoms with Crippen LogP contribution in [0.1, 0.15) is 56.7 Å². The van der Waals surface area contributed by atoms with E-state index in [0.29, 0.717) is 12.6 Å². The smallest absolute Gasteiger partial charge is 0.240 e. The molecule has 2 unspecified atom stereocenters. The van der Waals surface area contributed by atoms with Crippen molar-refractivity contribution in [2.24, 2.45) is 0 Å². The van der Waals surface area contributed by atoms with E-state index >= 15 is 0 Å². The molecule has 20 heavy (non-hydrogen) atoms. The van der Waals surface area contributed by atoms with Gasteiger partial charge in [0, 0.05) is 24.5 Å². The lowest BCUT2D eigenvalue weighted by Crippen LogP contribution is -2.34. The molecule has 1 aliphatic rings. The van der Waals surface area contributed by atoms with E-state index in [1.54, 1.807) is 0 Å². The lowest BCUT2D eigenvalue weighted by molar-refractivity contribution is -0.122. The topological polar surface area (TPSA) is 46.1 Å². The number of nitrogens with zero attached hydrogens (tertiary/aromatic N) is 1. The molecule has 0 saturated carbocycles. The van der Waals surface area contributed by atoms with E-state index in [-0.39, 0.29) is 11.9 Å². The number of hydrogen-bond acceptors (Lipinski definition) is 2. The van der Waals surface area contributed by atoms with Crippen molar-refractivity contribution in [2.45, 2.75) is 64.6 Å². The minimum Gasteiger partial charge on any atom is -0.352 e. The number of carbonyl (C=O) groups excluding carboxylic acids is 1. The Morgan fingerprint density at radius 3 is 3.00 bits per heavy atom. The Hall–Kier alpha value is -1.29. The highest BCUT2D eigenvalue weighted by atomic mass is 16.2. The molecule has 0 radical (unpaired) electrons. The fourth-order valence-electron chi connectivity index (χ4n) is 3.13. The second kappa shape index (κ2) is 6.93. The van der Waals surface area contributed by atoms with Crippen LogP contribution in [0.2, 0.25) is 0 Å². The molecule has 1 aromatic heterocycles. The zero-order valence-electron chi connectivity index (χ0n) is 12.9. The van der Waals surface area contributed by atoms with Gasteiger partial charge in [-0.05, 0) is 50.8 Å². The van der Waals surface area contributed by atoms with E-state index in [9.17, 15) is 4.79 Å². The first kappa shape index (κ1) is 15.1. The van der Waals surface area contributed by atoms with E-state index < -0.39 is 0 Å². The van der Waals surface area contributed by atoms with Crippen LogP contribution >= 0.6 is 0 Å². The SMILES string of the molecule is CCCC(C)NC(=O)Cn1cc2c(c1)C(NC)CCC2. The van der Waals surface area contributed by atoms with E-state index in [2.05, 4.69) is 36.9 Å². The zero-order chi connectivity index (χ0) is 14.5. The zero-order valence-corrected chi connectivity index (χ0v) is 12.9. The van der Waals surface area contributed by atoms with Crippen molar-refractivity contribution in [3.63, 3.8) is 0 Å². The molecular formula is C16H27N3O. The van der Waals surface area contributed by atoms with Gasteiger partial charge in [-0.2, -0.15) is 0 Å². The quantitative estimate of drug-likeness (QED) is 0.838. The van der Waals surface area contributed by atoms with Gasteiger partial charge >= 0.3 is 0 Å². The minimum absolute atomic E-state index is 0.110. The Bertz CT molecular complexity index is 453. The average Bonchev–Trinajstić information content (AvgIpc) is 2.80. The molecule has 0 aromatic carbocycles. The Morgan fingerprint density at radius 1 is 1.50 bits per heavy atom. The molecule has 4 nitrogen and oxygen atoms in total. The summed E-state index contributed by atoms with van der Waals surface area (Å²) in [6, 6.07) is 0.713. The predicted octanol–water partition coefficient (Wildman–Crippen LogP) is 2.39. The summed E-state index contributed by atoms with van der Waals surface area (Å²) in [5.41, 5.74) is 2.76. The van der Waals surface area contributed by atoms with Crippen LogP contribution in [0.5, 0.6) is 0 Å². The maximum Gasteiger partial charge on any atom is 0.240 e. The second-order valence-corrected chi connectivity index (χ2v) is 5.90. The van der Waals surface area contributed by atoms with Crippen LogP contribution in [0.15, 0.2) is 12.4 Å². The van der Waals surface area contributed by atoms with Gasteiger partial charge in [-0.25, -0.2) is 0 Å². The molecule has 1 aliphatic carbocycles. The summed E-state index contributed by atoms with van der Waals surface area (Å²) in [5.74, 6) is 0.110.